The molecule has 0 N–H and O–H groups in total. The number of nitrogens with zero attached hydrogens (tertiary/aromatic N) is 1. The lowest BCUT2D eigenvalue weighted by Crippen LogP contribution is -2.55. The Morgan fingerprint density at radius 2 is 2.00 bits per heavy atom. The molecule has 2 fully saturated rings. The second kappa shape index (κ2) is 4.49. The maximum atomic E-state index is 11.2. The van der Waals surface area contributed by atoms with Crippen LogP contribution < -0.4 is 0 Å². The van der Waals surface area contributed by atoms with Crippen molar-refractivity contribution in [2.24, 2.45) is 5.92 Å². The Hall–Kier alpha value is -0.610. The summed E-state index contributed by atoms with van der Waals surface area (Å²) in [6.45, 7) is 1.62. The van der Waals surface area contributed by atoms with Crippen LogP contribution in [0, 0.1) is 5.92 Å². The number of likely N-dealkylation sites (N-methyl/N-ethyl adjacent to an activating group) is 1. The van der Waals surface area contributed by atoms with Crippen LogP contribution in [-0.4, -0.2) is 50.3 Å². The lowest BCUT2D eigenvalue weighted by Gasteiger charge is -2.46. The number of piperidine rings is 1. The Bertz CT molecular complexity index is 230. The van der Waals surface area contributed by atoms with Gasteiger partial charge in [-0.25, -0.2) is 0 Å². The zero-order chi connectivity index (χ0) is 10.8. The summed E-state index contributed by atoms with van der Waals surface area (Å²) in [5.74, 6) is 0.399. The number of hydrogen-bond acceptors (Lipinski definition) is 4. The first kappa shape index (κ1) is 10.9. The molecule has 0 aromatic carbocycles. The molecule has 2 heterocycles. The van der Waals surface area contributed by atoms with Crippen LogP contribution in [0.3, 0.4) is 0 Å². The van der Waals surface area contributed by atoms with Crippen molar-refractivity contribution in [1.29, 1.82) is 0 Å². The van der Waals surface area contributed by atoms with Crippen molar-refractivity contribution >= 4 is 5.97 Å². The number of carbonyl (C=O) groups is 1. The third kappa shape index (κ3) is 2.32. The summed E-state index contributed by atoms with van der Waals surface area (Å²) in [7, 11) is 3.62. The lowest BCUT2D eigenvalue weighted by atomic mass is 9.83. The molecule has 0 aromatic rings. The van der Waals surface area contributed by atoms with Gasteiger partial charge in [0, 0.05) is 18.5 Å². The predicted molar refractivity (Wildman–Crippen MR) is 55.5 cm³/mol. The Labute approximate surface area is 90.5 Å². The fourth-order valence-electron chi connectivity index (χ4n) is 2.69. The Morgan fingerprint density at radius 1 is 1.40 bits per heavy atom. The molecule has 4 nitrogen and oxygen atoms in total. The highest BCUT2D eigenvalue weighted by Gasteiger charge is 2.37. The standard InChI is InChI=1S/C11H19NO3/c1-12-9-3-8(5-11(13)14-2)4-10(12)7-15-6-9/h8-10H,3-7H2,1-2H3. The number of fused-ring (bicyclic) bond motifs is 2. The van der Waals surface area contributed by atoms with Crippen LogP contribution in [0.5, 0.6) is 0 Å². The molecule has 2 atom stereocenters. The van der Waals surface area contributed by atoms with Crippen molar-refractivity contribution in [3.63, 3.8) is 0 Å². The maximum absolute atomic E-state index is 11.2. The average Bonchev–Trinajstić information content (AvgIpc) is 2.19. The van der Waals surface area contributed by atoms with E-state index in [0.29, 0.717) is 24.4 Å². The average molecular weight is 213 g/mol. The van der Waals surface area contributed by atoms with Crippen LogP contribution in [0.1, 0.15) is 19.3 Å². The van der Waals surface area contributed by atoms with E-state index in [1.165, 1.54) is 7.11 Å². The molecule has 2 rings (SSSR count). The van der Waals surface area contributed by atoms with E-state index in [0.717, 1.165) is 26.1 Å². The quantitative estimate of drug-likeness (QED) is 0.632. The van der Waals surface area contributed by atoms with Gasteiger partial charge in [-0.15, -0.1) is 0 Å². The van der Waals surface area contributed by atoms with Gasteiger partial charge in [0.2, 0.25) is 0 Å². The summed E-state index contributed by atoms with van der Waals surface area (Å²) >= 11 is 0. The maximum Gasteiger partial charge on any atom is 0.305 e. The Morgan fingerprint density at radius 3 is 2.53 bits per heavy atom. The number of hydrogen-bond donors (Lipinski definition) is 0. The first-order chi connectivity index (χ1) is 7.20. The molecule has 0 radical (unpaired) electrons. The minimum absolute atomic E-state index is 0.0801. The summed E-state index contributed by atoms with van der Waals surface area (Å²) in [6.07, 6.45) is 2.68. The van der Waals surface area contributed by atoms with Gasteiger partial charge >= 0.3 is 5.97 Å². The van der Waals surface area contributed by atoms with Gasteiger partial charge in [0.15, 0.2) is 0 Å². The number of ether oxygens (including phenoxy) is 2. The highest BCUT2D eigenvalue weighted by Crippen LogP contribution is 2.32. The molecule has 0 aromatic heterocycles. The van der Waals surface area contributed by atoms with Gasteiger partial charge in [0.25, 0.3) is 0 Å². The van der Waals surface area contributed by atoms with Crippen molar-refractivity contribution in [1.82, 2.24) is 4.90 Å². The summed E-state index contributed by atoms with van der Waals surface area (Å²) in [5, 5.41) is 0. The monoisotopic (exact) mass is 213 g/mol. The summed E-state index contributed by atoms with van der Waals surface area (Å²) < 4.78 is 10.2. The minimum Gasteiger partial charge on any atom is -0.469 e. The molecule has 15 heavy (non-hydrogen) atoms. The first-order valence-corrected chi connectivity index (χ1v) is 5.57. The fourth-order valence-corrected chi connectivity index (χ4v) is 2.69. The number of morpholine rings is 1. The number of methoxy groups -OCH3 is 1. The van der Waals surface area contributed by atoms with Crippen molar-refractivity contribution in [3.05, 3.63) is 0 Å². The molecule has 2 bridgehead atoms. The van der Waals surface area contributed by atoms with Crippen LogP contribution in [0.4, 0.5) is 0 Å². The normalized spacial score (nSPS) is 36.3. The first-order valence-electron chi connectivity index (χ1n) is 5.57. The highest BCUT2D eigenvalue weighted by atomic mass is 16.5. The Kier molecular flexibility index (Phi) is 3.26. The molecule has 2 saturated heterocycles. The second-order valence-corrected chi connectivity index (χ2v) is 4.63. The van der Waals surface area contributed by atoms with Crippen molar-refractivity contribution < 1.29 is 14.3 Å². The van der Waals surface area contributed by atoms with E-state index in [4.69, 9.17) is 9.47 Å². The highest BCUT2D eigenvalue weighted by molar-refractivity contribution is 5.69. The van der Waals surface area contributed by atoms with E-state index in [1.54, 1.807) is 0 Å². The molecule has 2 aliphatic heterocycles. The number of rotatable bonds is 2. The zero-order valence-corrected chi connectivity index (χ0v) is 9.44. The van der Waals surface area contributed by atoms with E-state index >= 15 is 0 Å². The van der Waals surface area contributed by atoms with Crippen LogP contribution in [0.25, 0.3) is 0 Å². The van der Waals surface area contributed by atoms with E-state index in [-0.39, 0.29) is 5.97 Å². The van der Waals surface area contributed by atoms with E-state index in [9.17, 15) is 4.79 Å². The summed E-state index contributed by atoms with van der Waals surface area (Å²) in [6, 6.07) is 0.985. The number of esters is 1. The zero-order valence-electron chi connectivity index (χ0n) is 9.44. The molecule has 0 spiro atoms. The van der Waals surface area contributed by atoms with Crippen molar-refractivity contribution in [2.45, 2.75) is 31.3 Å². The van der Waals surface area contributed by atoms with Gasteiger partial charge in [-0.2, -0.15) is 0 Å². The van der Waals surface area contributed by atoms with E-state index in [2.05, 4.69) is 11.9 Å². The third-order valence-electron chi connectivity index (χ3n) is 3.67. The summed E-state index contributed by atoms with van der Waals surface area (Å²) in [5.41, 5.74) is 0. The van der Waals surface area contributed by atoms with Crippen LogP contribution in [0.15, 0.2) is 0 Å². The lowest BCUT2D eigenvalue weighted by molar-refractivity contribution is -0.143. The van der Waals surface area contributed by atoms with Gasteiger partial charge in [-0.05, 0) is 25.8 Å². The fraction of sp³-hybridized carbons (Fsp3) is 0.909. The smallest absolute Gasteiger partial charge is 0.305 e. The molecule has 4 heteroatoms. The topological polar surface area (TPSA) is 38.8 Å². The van der Waals surface area contributed by atoms with Crippen LogP contribution in [-0.2, 0) is 14.3 Å². The molecule has 2 aliphatic rings. The van der Waals surface area contributed by atoms with E-state index < -0.39 is 0 Å². The van der Waals surface area contributed by atoms with Crippen LogP contribution in [0.2, 0.25) is 0 Å². The largest absolute Gasteiger partial charge is 0.469 e. The van der Waals surface area contributed by atoms with Crippen LogP contribution >= 0.6 is 0 Å². The SMILES string of the molecule is COC(=O)CC1CC2COCC(C1)N2C. The minimum atomic E-state index is -0.0801. The molecule has 2 unspecified atom stereocenters. The van der Waals surface area contributed by atoms with Gasteiger partial charge in [0.05, 0.1) is 20.3 Å². The van der Waals surface area contributed by atoms with Gasteiger partial charge in [0.1, 0.15) is 0 Å². The van der Waals surface area contributed by atoms with E-state index in [1.807, 2.05) is 0 Å². The number of carbonyl (C=O) groups excluding carboxylic acids is 1. The van der Waals surface area contributed by atoms with Crippen molar-refractivity contribution in [2.75, 3.05) is 27.4 Å². The molecular weight excluding hydrogens is 194 g/mol. The van der Waals surface area contributed by atoms with Gasteiger partial charge < -0.3 is 9.47 Å². The van der Waals surface area contributed by atoms with Crippen molar-refractivity contribution in [3.8, 4) is 0 Å². The van der Waals surface area contributed by atoms with Gasteiger partial charge in [-0.3, -0.25) is 9.69 Å². The predicted octanol–water partition coefficient (Wildman–Crippen LogP) is 0.659. The molecule has 0 aliphatic carbocycles. The molecular formula is C11H19NO3. The molecule has 86 valence electrons. The third-order valence-corrected chi connectivity index (χ3v) is 3.67. The molecule has 0 amide bonds. The molecule has 0 saturated carbocycles. The summed E-state index contributed by atoms with van der Waals surface area (Å²) in [4.78, 5) is 13.6. The second-order valence-electron chi connectivity index (χ2n) is 4.63. The Balaban J connectivity index is 1.92. The van der Waals surface area contributed by atoms with Gasteiger partial charge in [-0.1, -0.05) is 0 Å².